The minimum Gasteiger partial charge on any atom is -0.313 e. The summed E-state index contributed by atoms with van der Waals surface area (Å²) in [5.41, 5.74) is 0.461. The molecule has 0 aromatic heterocycles. The molecular weight excluding hydrogens is 222 g/mol. The monoisotopic (exact) mass is 255 g/mol. The van der Waals surface area contributed by atoms with Crippen molar-refractivity contribution in [3.05, 3.63) is 0 Å². The maximum atomic E-state index is 3.72. The van der Waals surface area contributed by atoms with E-state index in [2.05, 4.69) is 57.0 Å². The third-order valence-corrected chi connectivity index (χ3v) is 4.37. The summed E-state index contributed by atoms with van der Waals surface area (Å²) in [7, 11) is 6.56. The minimum absolute atomic E-state index is 0.461. The zero-order valence-corrected chi connectivity index (χ0v) is 13.3. The summed E-state index contributed by atoms with van der Waals surface area (Å²) in [6.07, 6.45) is 2.73. The molecule has 0 amide bonds. The van der Waals surface area contributed by atoms with E-state index >= 15 is 0 Å². The Morgan fingerprint density at radius 2 is 1.83 bits per heavy atom. The van der Waals surface area contributed by atoms with Gasteiger partial charge in [-0.1, -0.05) is 20.8 Å². The van der Waals surface area contributed by atoms with E-state index in [1.165, 1.54) is 25.9 Å². The van der Waals surface area contributed by atoms with Crippen LogP contribution in [0.25, 0.3) is 0 Å². The molecule has 0 bridgehead atoms. The van der Waals surface area contributed by atoms with E-state index in [4.69, 9.17) is 0 Å². The molecule has 1 N–H and O–H groups in total. The first-order valence-corrected chi connectivity index (χ1v) is 7.43. The average molecular weight is 255 g/mol. The standard InChI is InChI=1S/C15H33N3/c1-7-16-14-13(8-9-15(14,2)3)12-18(6)11-10-17(4)5/h13-14,16H,7-12H2,1-6H3. The first-order chi connectivity index (χ1) is 8.36. The summed E-state index contributed by atoms with van der Waals surface area (Å²) >= 11 is 0. The molecule has 1 aliphatic rings. The lowest BCUT2D eigenvalue weighted by molar-refractivity contribution is 0.196. The van der Waals surface area contributed by atoms with Gasteiger partial charge in [0.1, 0.15) is 0 Å². The Morgan fingerprint density at radius 3 is 2.39 bits per heavy atom. The van der Waals surface area contributed by atoms with E-state index in [1.54, 1.807) is 0 Å². The predicted octanol–water partition coefficient (Wildman–Crippen LogP) is 1.89. The molecule has 2 atom stereocenters. The molecule has 0 aliphatic heterocycles. The second-order valence-electron chi connectivity index (χ2n) is 6.89. The Kier molecular flexibility index (Phi) is 6.09. The van der Waals surface area contributed by atoms with E-state index in [0.717, 1.165) is 19.0 Å². The van der Waals surface area contributed by atoms with Crippen molar-refractivity contribution in [3.63, 3.8) is 0 Å². The van der Waals surface area contributed by atoms with Crippen molar-refractivity contribution in [2.75, 3.05) is 47.3 Å². The molecule has 0 aromatic carbocycles. The molecule has 2 unspecified atom stereocenters. The lowest BCUT2D eigenvalue weighted by Crippen LogP contribution is -2.45. The van der Waals surface area contributed by atoms with Crippen LogP contribution in [0.5, 0.6) is 0 Å². The van der Waals surface area contributed by atoms with Gasteiger partial charge < -0.3 is 15.1 Å². The molecule has 0 spiro atoms. The molecule has 3 heteroatoms. The predicted molar refractivity (Wildman–Crippen MR) is 80.0 cm³/mol. The highest BCUT2D eigenvalue weighted by Crippen LogP contribution is 2.41. The number of hydrogen-bond acceptors (Lipinski definition) is 3. The molecule has 108 valence electrons. The van der Waals surface area contributed by atoms with E-state index in [-0.39, 0.29) is 0 Å². The number of nitrogens with zero attached hydrogens (tertiary/aromatic N) is 2. The third kappa shape index (κ3) is 4.52. The molecule has 1 saturated carbocycles. The van der Waals surface area contributed by atoms with Crippen LogP contribution in [0.15, 0.2) is 0 Å². The van der Waals surface area contributed by atoms with Crippen LogP contribution in [0.4, 0.5) is 0 Å². The molecule has 0 heterocycles. The summed E-state index contributed by atoms with van der Waals surface area (Å²) in [6.45, 7) is 11.7. The SMILES string of the molecule is CCNC1C(CN(C)CCN(C)C)CCC1(C)C. The van der Waals surface area contributed by atoms with Gasteiger partial charge in [0, 0.05) is 25.7 Å². The summed E-state index contributed by atoms with van der Waals surface area (Å²) in [5.74, 6) is 0.812. The van der Waals surface area contributed by atoms with Gasteiger partial charge in [0.15, 0.2) is 0 Å². The molecule has 3 nitrogen and oxygen atoms in total. The molecule has 1 rings (SSSR count). The van der Waals surface area contributed by atoms with Crippen LogP contribution in [0.1, 0.15) is 33.6 Å². The number of likely N-dealkylation sites (N-methyl/N-ethyl adjacent to an activating group) is 2. The van der Waals surface area contributed by atoms with Crippen LogP contribution in [0, 0.1) is 11.3 Å². The van der Waals surface area contributed by atoms with Gasteiger partial charge in [0.25, 0.3) is 0 Å². The van der Waals surface area contributed by atoms with Crippen molar-refractivity contribution in [2.24, 2.45) is 11.3 Å². The molecular formula is C15H33N3. The number of hydrogen-bond donors (Lipinski definition) is 1. The second-order valence-corrected chi connectivity index (χ2v) is 6.89. The van der Waals surface area contributed by atoms with Crippen LogP contribution in [0.2, 0.25) is 0 Å². The first kappa shape index (κ1) is 15.9. The van der Waals surface area contributed by atoms with Crippen LogP contribution < -0.4 is 5.32 Å². The molecule has 1 fully saturated rings. The smallest absolute Gasteiger partial charge is 0.0159 e. The summed E-state index contributed by atoms with van der Waals surface area (Å²) < 4.78 is 0. The summed E-state index contributed by atoms with van der Waals surface area (Å²) in [5, 5.41) is 3.72. The van der Waals surface area contributed by atoms with Crippen molar-refractivity contribution in [3.8, 4) is 0 Å². The van der Waals surface area contributed by atoms with Crippen LogP contribution >= 0.6 is 0 Å². The lowest BCUT2D eigenvalue weighted by Gasteiger charge is -2.33. The molecule has 0 aromatic rings. The maximum absolute atomic E-state index is 3.72. The van der Waals surface area contributed by atoms with Crippen LogP contribution in [-0.4, -0.2) is 63.2 Å². The topological polar surface area (TPSA) is 18.5 Å². The second kappa shape index (κ2) is 6.88. The molecule has 0 radical (unpaired) electrons. The van der Waals surface area contributed by atoms with Crippen molar-refractivity contribution in [1.82, 2.24) is 15.1 Å². The van der Waals surface area contributed by atoms with Gasteiger partial charge in [0.05, 0.1) is 0 Å². The zero-order valence-electron chi connectivity index (χ0n) is 13.3. The van der Waals surface area contributed by atoms with Gasteiger partial charge in [-0.25, -0.2) is 0 Å². The molecule has 1 aliphatic carbocycles. The highest BCUT2D eigenvalue weighted by molar-refractivity contribution is 4.96. The third-order valence-electron chi connectivity index (χ3n) is 4.37. The first-order valence-electron chi connectivity index (χ1n) is 7.43. The summed E-state index contributed by atoms with van der Waals surface area (Å²) in [6, 6.07) is 0.685. The van der Waals surface area contributed by atoms with Gasteiger partial charge in [-0.05, 0) is 51.9 Å². The van der Waals surface area contributed by atoms with Crippen LogP contribution in [-0.2, 0) is 0 Å². The average Bonchev–Trinajstić information content (AvgIpc) is 2.54. The van der Waals surface area contributed by atoms with Crippen molar-refractivity contribution >= 4 is 0 Å². The van der Waals surface area contributed by atoms with Crippen molar-refractivity contribution in [2.45, 2.75) is 39.7 Å². The zero-order chi connectivity index (χ0) is 13.8. The molecule has 18 heavy (non-hydrogen) atoms. The normalized spacial score (nSPS) is 27.3. The fourth-order valence-corrected chi connectivity index (χ4v) is 3.24. The Hall–Kier alpha value is -0.120. The van der Waals surface area contributed by atoms with E-state index in [0.29, 0.717) is 11.5 Å². The Morgan fingerprint density at radius 1 is 1.17 bits per heavy atom. The van der Waals surface area contributed by atoms with Gasteiger partial charge in [-0.3, -0.25) is 0 Å². The van der Waals surface area contributed by atoms with E-state index < -0.39 is 0 Å². The van der Waals surface area contributed by atoms with Crippen molar-refractivity contribution in [1.29, 1.82) is 0 Å². The highest BCUT2D eigenvalue weighted by Gasteiger charge is 2.41. The Balaban J connectivity index is 2.45. The van der Waals surface area contributed by atoms with Gasteiger partial charge in [-0.2, -0.15) is 0 Å². The highest BCUT2D eigenvalue weighted by atomic mass is 15.2. The van der Waals surface area contributed by atoms with E-state index in [9.17, 15) is 0 Å². The quantitative estimate of drug-likeness (QED) is 0.749. The van der Waals surface area contributed by atoms with Crippen molar-refractivity contribution < 1.29 is 0 Å². The molecule has 0 saturated heterocycles. The van der Waals surface area contributed by atoms with Crippen LogP contribution in [0.3, 0.4) is 0 Å². The van der Waals surface area contributed by atoms with E-state index in [1.807, 2.05) is 0 Å². The Bertz CT molecular complexity index is 238. The largest absolute Gasteiger partial charge is 0.313 e. The fourth-order valence-electron chi connectivity index (χ4n) is 3.24. The lowest BCUT2D eigenvalue weighted by atomic mass is 9.84. The summed E-state index contributed by atoms with van der Waals surface area (Å²) in [4.78, 5) is 4.76. The van der Waals surface area contributed by atoms with Gasteiger partial charge in [-0.15, -0.1) is 0 Å². The van der Waals surface area contributed by atoms with Gasteiger partial charge in [0.2, 0.25) is 0 Å². The number of nitrogens with one attached hydrogen (secondary N) is 1. The minimum atomic E-state index is 0.461. The van der Waals surface area contributed by atoms with Gasteiger partial charge >= 0.3 is 0 Å². The Labute approximate surface area is 114 Å². The fraction of sp³-hybridized carbons (Fsp3) is 1.00. The maximum Gasteiger partial charge on any atom is 0.0159 e. The number of rotatable bonds is 7.